The van der Waals surface area contributed by atoms with Crippen molar-refractivity contribution in [2.45, 2.75) is 39.0 Å². The smallest absolute Gasteiger partial charge is 0.163 e. The second-order valence-corrected chi connectivity index (χ2v) is 4.79. The maximum atomic E-state index is 12.0. The summed E-state index contributed by atoms with van der Waals surface area (Å²) in [7, 11) is 0. The zero-order valence-corrected chi connectivity index (χ0v) is 10.7. The molecule has 0 saturated heterocycles. The van der Waals surface area contributed by atoms with Crippen molar-refractivity contribution < 1.29 is 9.59 Å². The average Bonchev–Trinajstić information content (AvgIpc) is 2.41. The molecule has 1 aromatic carbocycles. The summed E-state index contributed by atoms with van der Waals surface area (Å²) in [5, 5.41) is 0. The van der Waals surface area contributed by atoms with Gasteiger partial charge in [0.2, 0.25) is 0 Å². The quantitative estimate of drug-likeness (QED) is 0.754. The van der Waals surface area contributed by atoms with Crippen LogP contribution in [0.25, 0.3) is 0 Å². The minimum Gasteiger partial charge on any atom is -0.295 e. The second kappa shape index (κ2) is 5.76. The molecule has 1 aliphatic carbocycles. The highest BCUT2D eigenvalue weighted by molar-refractivity contribution is 5.97. The van der Waals surface area contributed by atoms with Gasteiger partial charge in [0, 0.05) is 18.4 Å². The van der Waals surface area contributed by atoms with E-state index in [1.54, 1.807) is 0 Å². The van der Waals surface area contributed by atoms with E-state index in [0.29, 0.717) is 12.8 Å². The highest BCUT2D eigenvalue weighted by Gasteiger charge is 2.17. The first-order valence-corrected chi connectivity index (χ1v) is 6.48. The maximum absolute atomic E-state index is 12.0. The van der Waals surface area contributed by atoms with Gasteiger partial charge < -0.3 is 0 Å². The third-order valence-electron chi connectivity index (χ3n) is 3.58. The maximum Gasteiger partial charge on any atom is 0.163 e. The van der Waals surface area contributed by atoms with Gasteiger partial charge in [0.05, 0.1) is 0 Å². The molecule has 0 atom stereocenters. The molecular weight excluding hydrogens is 224 g/mol. The Balaban J connectivity index is 1.98. The largest absolute Gasteiger partial charge is 0.295 e. The molecule has 1 aliphatic rings. The first kappa shape index (κ1) is 12.7. The molecule has 0 amide bonds. The van der Waals surface area contributed by atoms with Crippen LogP contribution in [0.4, 0.5) is 0 Å². The summed E-state index contributed by atoms with van der Waals surface area (Å²) in [5.41, 5.74) is 2.83. The number of ketones is 2. The van der Waals surface area contributed by atoms with Crippen LogP contribution in [-0.2, 0) is 4.79 Å². The Morgan fingerprint density at radius 1 is 1.17 bits per heavy atom. The number of hydrogen-bond acceptors (Lipinski definition) is 2. The van der Waals surface area contributed by atoms with E-state index in [2.05, 4.69) is 0 Å². The Labute approximate surface area is 108 Å². The molecule has 2 nitrogen and oxygen atoms in total. The van der Waals surface area contributed by atoms with Gasteiger partial charge in [-0.05, 0) is 31.8 Å². The molecule has 2 heteroatoms. The van der Waals surface area contributed by atoms with E-state index in [9.17, 15) is 9.59 Å². The van der Waals surface area contributed by atoms with Crippen molar-refractivity contribution in [2.24, 2.45) is 0 Å². The van der Waals surface area contributed by atoms with Gasteiger partial charge in [-0.15, -0.1) is 0 Å². The lowest BCUT2D eigenvalue weighted by atomic mass is 9.88. The number of Topliss-reactive ketones (excluding diaryl/α,β-unsaturated/α-hetero) is 2. The average molecular weight is 242 g/mol. The van der Waals surface area contributed by atoms with Crippen LogP contribution in [0.2, 0.25) is 0 Å². The van der Waals surface area contributed by atoms with Crippen molar-refractivity contribution in [3.8, 4) is 0 Å². The van der Waals surface area contributed by atoms with Crippen LogP contribution in [0.15, 0.2) is 41.5 Å². The minimum absolute atomic E-state index is 0.161. The highest BCUT2D eigenvalue weighted by Crippen LogP contribution is 2.25. The van der Waals surface area contributed by atoms with Crippen molar-refractivity contribution >= 4 is 11.6 Å². The first-order chi connectivity index (χ1) is 8.68. The van der Waals surface area contributed by atoms with E-state index in [4.69, 9.17) is 0 Å². The third-order valence-corrected chi connectivity index (χ3v) is 3.58. The van der Waals surface area contributed by atoms with Crippen LogP contribution in [-0.4, -0.2) is 11.6 Å². The van der Waals surface area contributed by atoms with Crippen LogP contribution in [0.5, 0.6) is 0 Å². The van der Waals surface area contributed by atoms with Gasteiger partial charge in [-0.1, -0.05) is 35.9 Å². The highest BCUT2D eigenvalue weighted by atomic mass is 16.1. The summed E-state index contributed by atoms with van der Waals surface area (Å²) >= 11 is 0. The van der Waals surface area contributed by atoms with Crippen molar-refractivity contribution in [1.29, 1.82) is 0 Å². The summed E-state index contributed by atoms with van der Waals surface area (Å²) in [6.45, 7) is 1.89. The molecule has 0 bridgehead atoms. The monoisotopic (exact) mass is 242 g/mol. The van der Waals surface area contributed by atoms with Crippen LogP contribution < -0.4 is 0 Å². The molecule has 0 unspecified atom stereocenters. The van der Waals surface area contributed by atoms with Crippen molar-refractivity contribution in [3.05, 3.63) is 47.0 Å². The lowest BCUT2D eigenvalue weighted by molar-refractivity contribution is -0.116. The molecule has 0 aliphatic heterocycles. The van der Waals surface area contributed by atoms with E-state index in [1.165, 1.54) is 5.57 Å². The van der Waals surface area contributed by atoms with Gasteiger partial charge in [-0.25, -0.2) is 0 Å². The molecular formula is C16H18O2. The van der Waals surface area contributed by atoms with E-state index in [-0.39, 0.29) is 11.6 Å². The molecule has 0 heterocycles. The van der Waals surface area contributed by atoms with E-state index < -0.39 is 0 Å². The van der Waals surface area contributed by atoms with Crippen LogP contribution in [0.1, 0.15) is 49.4 Å². The van der Waals surface area contributed by atoms with E-state index in [1.807, 2.05) is 37.3 Å². The zero-order valence-electron chi connectivity index (χ0n) is 10.7. The fourth-order valence-electron chi connectivity index (χ4n) is 2.38. The standard InChI is InChI=1S/C16H18O2/c1-12-13(8-5-9-15(12)17)10-11-16(18)14-6-3-2-4-7-14/h2-4,6-7H,5,8-11H2,1H3. The number of hydrogen-bond donors (Lipinski definition) is 0. The van der Waals surface area contributed by atoms with Gasteiger partial charge in [-0.2, -0.15) is 0 Å². The Morgan fingerprint density at radius 2 is 1.89 bits per heavy atom. The van der Waals surface area contributed by atoms with Gasteiger partial charge in [0.1, 0.15) is 0 Å². The van der Waals surface area contributed by atoms with Crippen LogP contribution in [0, 0.1) is 0 Å². The summed E-state index contributed by atoms with van der Waals surface area (Å²) < 4.78 is 0. The molecule has 1 aromatic rings. The van der Waals surface area contributed by atoms with Gasteiger partial charge in [0.15, 0.2) is 11.6 Å². The fraction of sp³-hybridized carbons (Fsp3) is 0.375. The Bertz CT molecular complexity index is 483. The number of benzene rings is 1. The van der Waals surface area contributed by atoms with Crippen molar-refractivity contribution in [3.63, 3.8) is 0 Å². The summed E-state index contributed by atoms with van der Waals surface area (Å²) in [6, 6.07) is 9.35. The van der Waals surface area contributed by atoms with Gasteiger partial charge >= 0.3 is 0 Å². The number of carbonyl (C=O) groups is 2. The second-order valence-electron chi connectivity index (χ2n) is 4.79. The van der Waals surface area contributed by atoms with Crippen LogP contribution in [0.3, 0.4) is 0 Å². The van der Waals surface area contributed by atoms with Gasteiger partial charge in [0.25, 0.3) is 0 Å². The lowest BCUT2D eigenvalue weighted by Gasteiger charge is -2.16. The fourth-order valence-corrected chi connectivity index (χ4v) is 2.38. The Kier molecular flexibility index (Phi) is 4.08. The molecule has 0 fully saturated rings. The zero-order chi connectivity index (χ0) is 13.0. The van der Waals surface area contributed by atoms with Crippen molar-refractivity contribution in [1.82, 2.24) is 0 Å². The Hall–Kier alpha value is -1.70. The summed E-state index contributed by atoms with van der Waals surface area (Å²) in [5.74, 6) is 0.414. The predicted octanol–water partition coefficient (Wildman–Crippen LogP) is 3.72. The molecule has 0 spiro atoms. The van der Waals surface area contributed by atoms with Crippen molar-refractivity contribution in [2.75, 3.05) is 0 Å². The predicted molar refractivity (Wildman–Crippen MR) is 71.6 cm³/mol. The molecule has 18 heavy (non-hydrogen) atoms. The van der Waals surface area contributed by atoms with Gasteiger partial charge in [-0.3, -0.25) is 9.59 Å². The molecule has 94 valence electrons. The lowest BCUT2D eigenvalue weighted by Crippen LogP contribution is -2.10. The topological polar surface area (TPSA) is 34.1 Å². The molecule has 0 saturated carbocycles. The first-order valence-electron chi connectivity index (χ1n) is 6.48. The van der Waals surface area contributed by atoms with E-state index in [0.717, 1.165) is 30.4 Å². The number of carbonyl (C=O) groups excluding carboxylic acids is 2. The minimum atomic E-state index is 0.161. The summed E-state index contributed by atoms with van der Waals surface area (Å²) in [4.78, 5) is 23.5. The SMILES string of the molecule is CC1=C(CCC(=O)c2ccccc2)CCCC1=O. The molecule has 0 radical (unpaired) electrons. The molecule has 0 aromatic heterocycles. The van der Waals surface area contributed by atoms with Crippen LogP contribution >= 0.6 is 0 Å². The number of rotatable bonds is 4. The van der Waals surface area contributed by atoms with E-state index >= 15 is 0 Å². The Morgan fingerprint density at radius 3 is 2.61 bits per heavy atom. The normalized spacial score (nSPS) is 15.9. The third kappa shape index (κ3) is 2.95. The molecule has 0 N–H and O–H groups in total. The molecule has 2 rings (SSSR count). The summed E-state index contributed by atoms with van der Waals surface area (Å²) in [6.07, 6.45) is 3.81. The number of allylic oxidation sites excluding steroid dienone is 2.